The van der Waals surface area contributed by atoms with Gasteiger partial charge in [0.05, 0.1) is 18.8 Å². The fourth-order valence-electron chi connectivity index (χ4n) is 2.94. The molecule has 3 heterocycles. The Morgan fingerprint density at radius 1 is 1.39 bits per heavy atom. The van der Waals surface area contributed by atoms with E-state index >= 15 is 0 Å². The first-order chi connectivity index (χ1) is 13.6. The van der Waals surface area contributed by atoms with Crippen LogP contribution in [0.15, 0.2) is 64.6 Å². The minimum atomic E-state index is 0.00262. The van der Waals surface area contributed by atoms with Crippen molar-refractivity contribution < 1.29 is 4.79 Å². The molecule has 9 heteroatoms. The summed E-state index contributed by atoms with van der Waals surface area (Å²) in [5.74, 6) is 2.57. The zero-order chi connectivity index (χ0) is 19.5. The molecule has 2 aliphatic heterocycles. The van der Waals surface area contributed by atoms with Crippen molar-refractivity contribution in [3.05, 3.63) is 66.0 Å². The normalized spacial score (nSPS) is 15.9. The molecule has 0 aliphatic carbocycles. The van der Waals surface area contributed by atoms with E-state index in [2.05, 4.69) is 30.1 Å². The predicted octanol–water partition coefficient (Wildman–Crippen LogP) is 2.26. The van der Waals surface area contributed by atoms with Gasteiger partial charge in [-0.3, -0.25) is 19.5 Å². The summed E-state index contributed by atoms with van der Waals surface area (Å²) in [6, 6.07) is 9.97. The van der Waals surface area contributed by atoms with Crippen molar-refractivity contribution in [3.8, 4) is 0 Å². The highest BCUT2D eigenvalue weighted by molar-refractivity contribution is 7.97. The number of aliphatic imine (C=N–C) groups is 1. The van der Waals surface area contributed by atoms with Crippen LogP contribution in [0, 0.1) is 6.92 Å². The number of aromatic amines is 1. The second-order valence-corrected chi connectivity index (χ2v) is 7.58. The van der Waals surface area contributed by atoms with E-state index < -0.39 is 0 Å². The van der Waals surface area contributed by atoms with E-state index in [1.165, 1.54) is 0 Å². The number of carbonyl (C=O) groups excluding carboxylic acids is 1. The monoisotopic (exact) mass is 395 g/mol. The molecule has 0 saturated heterocycles. The number of anilines is 1. The summed E-state index contributed by atoms with van der Waals surface area (Å²) >= 11 is 1.60. The number of aryl methyl sites for hydroxylation is 1. The van der Waals surface area contributed by atoms with Crippen LogP contribution in [0.4, 0.5) is 5.82 Å². The number of hydrogen-bond donors (Lipinski definition) is 3. The zero-order valence-electron chi connectivity index (χ0n) is 15.6. The highest BCUT2D eigenvalue weighted by atomic mass is 32.2. The molecule has 0 saturated carbocycles. The molecule has 143 valence electrons. The summed E-state index contributed by atoms with van der Waals surface area (Å²) in [5, 5.41) is 13.2. The van der Waals surface area contributed by atoms with Crippen molar-refractivity contribution in [3.63, 3.8) is 0 Å². The Labute approximate surface area is 167 Å². The van der Waals surface area contributed by atoms with Crippen molar-refractivity contribution in [2.45, 2.75) is 18.2 Å². The van der Waals surface area contributed by atoms with Gasteiger partial charge in [0.25, 0.3) is 11.7 Å². The van der Waals surface area contributed by atoms with Gasteiger partial charge in [-0.2, -0.15) is 10.1 Å². The van der Waals surface area contributed by atoms with Crippen molar-refractivity contribution in [2.75, 3.05) is 18.9 Å². The molecule has 1 radical (unpaired) electrons. The van der Waals surface area contributed by atoms with E-state index in [-0.39, 0.29) is 5.91 Å². The molecule has 0 unspecified atom stereocenters. The number of nitrogens with zero attached hydrogens (tertiary/aromatic N) is 4. The first kappa shape index (κ1) is 18.3. The molecule has 0 fully saturated rings. The average Bonchev–Trinajstić information content (AvgIpc) is 3.31. The van der Waals surface area contributed by atoms with Gasteiger partial charge >= 0.3 is 0 Å². The fourth-order valence-corrected chi connectivity index (χ4v) is 3.89. The number of rotatable bonds is 6. The van der Waals surface area contributed by atoms with Gasteiger partial charge in [0.1, 0.15) is 6.54 Å². The first-order valence-corrected chi connectivity index (χ1v) is 9.65. The number of H-pyrrole nitrogens is 1. The lowest BCUT2D eigenvalue weighted by atomic mass is 10.1. The number of amidine groups is 1. The van der Waals surface area contributed by atoms with Crippen molar-refractivity contribution >= 4 is 29.5 Å². The third-order valence-corrected chi connectivity index (χ3v) is 5.20. The minimum absolute atomic E-state index is 0.00262. The molecule has 3 N–H and O–H groups in total. The van der Waals surface area contributed by atoms with Crippen LogP contribution < -0.4 is 15.5 Å². The van der Waals surface area contributed by atoms with E-state index in [4.69, 9.17) is 0 Å². The molecule has 1 aromatic heterocycles. The largest absolute Gasteiger partial charge is 0.359 e. The highest BCUT2D eigenvalue weighted by Crippen LogP contribution is 2.29. The van der Waals surface area contributed by atoms with Crippen molar-refractivity contribution in [1.29, 1.82) is 0 Å². The quantitative estimate of drug-likeness (QED) is 0.516. The van der Waals surface area contributed by atoms with E-state index in [9.17, 15) is 4.79 Å². The maximum atomic E-state index is 11.6. The smallest absolute Gasteiger partial charge is 0.285 e. The van der Waals surface area contributed by atoms with Crippen LogP contribution in [0.25, 0.3) is 0 Å². The second-order valence-electron chi connectivity index (χ2n) is 6.45. The Bertz CT molecular complexity index is 978. The topological polar surface area (TPSA) is 91.3 Å². The number of nitrogens with one attached hydrogen (secondary N) is 3. The van der Waals surface area contributed by atoms with E-state index in [1.807, 2.05) is 54.6 Å². The third kappa shape index (κ3) is 4.10. The number of hydrogen-bond acceptors (Lipinski definition) is 7. The second kappa shape index (κ2) is 7.91. The molecule has 8 nitrogen and oxygen atoms in total. The Morgan fingerprint density at radius 2 is 2.29 bits per heavy atom. The molecule has 2 aliphatic rings. The molecule has 4 rings (SSSR count). The molecule has 1 amide bonds. The van der Waals surface area contributed by atoms with Gasteiger partial charge in [-0.15, -0.1) is 0 Å². The molecule has 2 aromatic rings. The molecular formula is C19H21N7OS+. The van der Waals surface area contributed by atoms with Gasteiger partial charge < -0.3 is 5.32 Å². The van der Waals surface area contributed by atoms with Crippen LogP contribution in [0.2, 0.25) is 0 Å². The maximum Gasteiger partial charge on any atom is 0.285 e. The number of fused-ring (bicyclic) bond motifs is 1. The van der Waals surface area contributed by atoms with Gasteiger partial charge in [0.2, 0.25) is 5.91 Å². The lowest BCUT2D eigenvalue weighted by molar-refractivity contribution is -0.119. The SMILES string of the molecule is CNC(=O)Cc1cccc(SN2C=C(Nc3cc(C)[nH]n3)[N+]3C=CN=C3C2)c1. The van der Waals surface area contributed by atoms with Gasteiger partial charge in [-0.25, -0.2) is 0 Å². The summed E-state index contributed by atoms with van der Waals surface area (Å²) in [6.45, 7) is 2.63. The van der Waals surface area contributed by atoms with Crippen LogP contribution >= 0.6 is 11.9 Å². The number of benzene rings is 1. The fraction of sp³-hybridized carbons (Fsp3) is 0.211. The van der Waals surface area contributed by atoms with Gasteiger partial charge in [-0.1, -0.05) is 12.1 Å². The third-order valence-electron chi connectivity index (χ3n) is 4.27. The van der Waals surface area contributed by atoms with Crippen LogP contribution in [0.1, 0.15) is 11.3 Å². The summed E-state index contributed by atoms with van der Waals surface area (Å²) in [5.41, 5.74) is 1.97. The molecule has 28 heavy (non-hydrogen) atoms. The predicted molar refractivity (Wildman–Crippen MR) is 111 cm³/mol. The number of likely N-dealkylation sites (N-methyl/N-ethyl adjacent to an activating group) is 1. The number of carbonyl (C=O) groups is 1. The van der Waals surface area contributed by atoms with Gasteiger partial charge in [-0.05, 0) is 41.5 Å². The van der Waals surface area contributed by atoms with Crippen LogP contribution in [0.3, 0.4) is 0 Å². The molecule has 0 atom stereocenters. The Balaban J connectivity index is 1.52. The Kier molecular flexibility index (Phi) is 5.18. The van der Waals surface area contributed by atoms with Crippen LogP contribution in [-0.2, 0) is 11.2 Å². The van der Waals surface area contributed by atoms with Crippen LogP contribution in [0.5, 0.6) is 0 Å². The number of aromatic nitrogens is 2. The minimum Gasteiger partial charge on any atom is -0.359 e. The first-order valence-electron chi connectivity index (χ1n) is 8.88. The zero-order valence-corrected chi connectivity index (χ0v) is 16.5. The molecule has 1 aromatic carbocycles. The summed E-state index contributed by atoms with van der Waals surface area (Å²) in [7, 11) is 1.65. The molecule has 0 spiro atoms. The van der Waals surface area contributed by atoms with E-state index in [0.29, 0.717) is 13.0 Å². The maximum absolute atomic E-state index is 11.6. The van der Waals surface area contributed by atoms with Crippen LogP contribution in [-0.4, -0.2) is 39.8 Å². The molecular weight excluding hydrogens is 374 g/mol. The van der Waals surface area contributed by atoms with E-state index in [1.54, 1.807) is 25.2 Å². The highest BCUT2D eigenvalue weighted by Gasteiger charge is 2.37. The lowest BCUT2D eigenvalue weighted by Crippen LogP contribution is -2.42. The Hall–Kier alpha value is -3.04. The molecule has 0 bridgehead atoms. The van der Waals surface area contributed by atoms with E-state index in [0.717, 1.165) is 33.6 Å². The lowest BCUT2D eigenvalue weighted by Gasteiger charge is -2.24. The number of amides is 1. The van der Waals surface area contributed by atoms with Gasteiger partial charge in [0, 0.05) is 23.7 Å². The summed E-state index contributed by atoms with van der Waals surface area (Å²) in [6.07, 6.45) is 6.13. The van der Waals surface area contributed by atoms with Crippen molar-refractivity contribution in [2.24, 2.45) is 4.99 Å². The van der Waals surface area contributed by atoms with Gasteiger partial charge in [0.15, 0.2) is 12.0 Å². The summed E-state index contributed by atoms with van der Waals surface area (Å²) in [4.78, 5) is 19.2. The average molecular weight is 395 g/mol. The van der Waals surface area contributed by atoms with Crippen molar-refractivity contribution in [1.82, 2.24) is 24.7 Å². The standard InChI is InChI=1S/C19H21N7OS/c1-13-8-16(24-23-13)22-18-12-25(11-17-21-6-7-26(17)18)28-15-5-3-4-14(9-15)10-19(27)20-2/h3-9,12H,10-11H2,1-2H3,(H,20,27)(H2,22,23,24)/q+1. The summed E-state index contributed by atoms with van der Waals surface area (Å²) < 4.78 is 2.11. The Morgan fingerprint density at radius 3 is 3.07 bits per heavy atom.